The predicted octanol–water partition coefficient (Wildman–Crippen LogP) is 4.14. The smallest absolute Gasteiger partial charge is 0.318 e. The summed E-state index contributed by atoms with van der Waals surface area (Å²) in [4.78, 5) is 30.6. The molecule has 0 radical (unpaired) electrons. The van der Waals surface area contributed by atoms with E-state index in [1.165, 1.54) is 4.90 Å². The number of nitrogens with one attached hydrogen (secondary N) is 1. The molecule has 0 unspecified atom stereocenters. The maximum absolute atomic E-state index is 13.3. The van der Waals surface area contributed by atoms with Crippen LogP contribution in [0.3, 0.4) is 0 Å². The van der Waals surface area contributed by atoms with Gasteiger partial charge in [-0.05, 0) is 22.6 Å². The first-order valence-electron chi connectivity index (χ1n) is 10.6. The second kappa shape index (κ2) is 12.6. The Labute approximate surface area is 193 Å². The lowest BCUT2D eigenvalue weighted by Gasteiger charge is -2.27. The van der Waals surface area contributed by atoms with Gasteiger partial charge in [-0.1, -0.05) is 66.7 Å². The Kier molecular flexibility index (Phi) is 9.28. The molecule has 3 aromatic rings. The molecule has 0 saturated carbocycles. The first-order chi connectivity index (χ1) is 15.7. The molecule has 3 amide bonds. The molecule has 0 fully saturated rings. The summed E-state index contributed by atoms with van der Waals surface area (Å²) < 4.78 is 5.16. The number of carbonyl (C=O) groups excluding carboxylic acids is 2. The van der Waals surface area contributed by atoms with Crippen LogP contribution in [0.1, 0.15) is 16.0 Å². The molecule has 0 aliphatic rings. The molecule has 0 bridgehead atoms. The molecule has 0 saturated heterocycles. The Hall–Kier alpha value is -3.16. The van der Waals surface area contributed by atoms with Crippen LogP contribution < -0.4 is 5.32 Å². The van der Waals surface area contributed by atoms with Crippen molar-refractivity contribution in [3.8, 4) is 0 Å². The van der Waals surface area contributed by atoms with Crippen LogP contribution in [0.5, 0.6) is 0 Å². The van der Waals surface area contributed by atoms with Crippen LogP contribution in [0.15, 0.2) is 78.2 Å². The number of nitrogens with zero attached hydrogens (tertiary/aromatic N) is 2. The quantitative estimate of drug-likeness (QED) is 0.477. The van der Waals surface area contributed by atoms with E-state index in [-0.39, 0.29) is 18.5 Å². The van der Waals surface area contributed by atoms with Crippen molar-refractivity contribution in [2.24, 2.45) is 0 Å². The summed E-state index contributed by atoms with van der Waals surface area (Å²) in [7, 11) is 1.58. The van der Waals surface area contributed by atoms with Gasteiger partial charge in [-0.2, -0.15) is 0 Å². The molecule has 1 heterocycles. The largest absolute Gasteiger partial charge is 0.383 e. The van der Waals surface area contributed by atoms with Gasteiger partial charge in [-0.25, -0.2) is 4.79 Å². The van der Waals surface area contributed by atoms with Gasteiger partial charge >= 0.3 is 6.03 Å². The van der Waals surface area contributed by atoms with Gasteiger partial charge in [0, 0.05) is 31.6 Å². The summed E-state index contributed by atoms with van der Waals surface area (Å²) in [6, 6.07) is 23.3. The predicted molar refractivity (Wildman–Crippen MR) is 127 cm³/mol. The number of urea groups is 1. The second-order valence-corrected chi connectivity index (χ2v) is 8.41. The van der Waals surface area contributed by atoms with Crippen LogP contribution >= 0.6 is 11.3 Å². The maximum Gasteiger partial charge on any atom is 0.318 e. The van der Waals surface area contributed by atoms with Crippen molar-refractivity contribution < 1.29 is 14.3 Å². The number of hydrogen-bond donors (Lipinski definition) is 1. The number of thiophene rings is 1. The Morgan fingerprint density at radius 2 is 1.56 bits per heavy atom. The van der Waals surface area contributed by atoms with E-state index >= 15 is 0 Å². The van der Waals surface area contributed by atoms with E-state index in [4.69, 9.17) is 4.74 Å². The summed E-state index contributed by atoms with van der Waals surface area (Å²) >= 11 is 1.62. The van der Waals surface area contributed by atoms with Crippen LogP contribution in [0.2, 0.25) is 0 Å². The van der Waals surface area contributed by atoms with E-state index in [0.717, 1.165) is 16.0 Å². The number of carbonyl (C=O) groups is 2. The second-order valence-electron chi connectivity index (χ2n) is 7.37. The van der Waals surface area contributed by atoms with Crippen LogP contribution in [0.25, 0.3) is 0 Å². The molecule has 0 atom stereocenters. The summed E-state index contributed by atoms with van der Waals surface area (Å²) in [6.45, 7) is 2.08. The molecular formula is C25H29N3O3S. The number of benzene rings is 2. The van der Waals surface area contributed by atoms with Crippen LogP contribution in [-0.2, 0) is 29.2 Å². The topological polar surface area (TPSA) is 61.9 Å². The Morgan fingerprint density at radius 3 is 2.19 bits per heavy atom. The lowest BCUT2D eigenvalue weighted by atomic mass is 10.2. The van der Waals surface area contributed by atoms with Gasteiger partial charge in [0.1, 0.15) is 6.54 Å². The third-order valence-corrected chi connectivity index (χ3v) is 5.82. The summed E-state index contributed by atoms with van der Waals surface area (Å²) in [6.07, 6.45) is 0. The molecule has 0 aliphatic carbocycles. The van der Waals surface area contributed by atoms with Crippen LogP contribution in [-0.4, -0.2) is 48.5 Å². The van der Waals surface area contributed by atoms with E-state index in [1.54, 1.807) is 23.3 Å². The third-order valence-electron chi connectivity index (χ3n) is 4.96. The molecule has 6 nitrogen and oxygen atoms in total. The van der Waals surface area contributed by atoms with Gasteiger partial charge in [-0.3, -0.25) is 4.79 Å². The van der Waals surface area contributed by atoms with E-state index in [0.29, 0.717) is 32.8 Å². The molecule has 168 valence electrons. The summed E-state index contributed by atoms with van der Waals surface area (Å²) in [5.74, 6) is -0.104. The molecule has 0 aliphatic heterocycles. The molecule has 32 heavy (non-hydrogen) atoms. The zero-order valence-corrected chi connectivity index (χ0v) is 19.1. The van der Waals surface area contributed by atoms with E-state index in [1.807, 2.05) is 78.2 Å². The molecule has 2 aromatic carbocycles. The minimum absolute atomic E-state index is 0.0117. The van der Waals surface area contributed by atoms with Crippen molar-refractivity contribution in [1.29, 1.82) is 0 Å². The Balaban J connectivity index is 1.67. The van der Waals surface area contributed by atoms with E-state index in [2.05, 4.69) is 5.32 Å². The van der Waals surface area contributed by atoms with Crippen molar-refractivity contribution in [3.05, 3.63) is 94.2 Å². The van der Waals surface area contributed by atoms with Gasteiger partial charge in [0.15, 0.2) is 0 Å². The summed E-state index contributed by atoms with van der Waals surface area (Å²) in [5.41, 5.74) is 2.05. The molecule has 7 heteroatoms. The molecule has 1 aromatic heterocycles. The van der Waals surface area contributed by atoms with E-state index < -0.39 is 0 Å². The van der Waals surface area contributed by atoms with Crippen LogP contribution in [0, 0.1) is 0 Å². The molecule has 0 spiro atoms. The van der Waals surface area contributed by atoms with Gasteiger partial charge in [-0.15, -0.1) is 11.3 Å². The zero-order valence-electron chi connectivity index (χ0n) is 18.3. The number of hydrogen-bond acceptors (Lipinski definition) is 4. The summed E-state index contributed by atoms with van der Waals surface area (Å²) in [5, 5.41) is 4.91. The van der Waals surface area contributed by atoms with E-state index in [9.17, 15) is 9.59 Å². The number of ether oxygens (including phenoxy) is 1. The highest BCUT2D eigenvalue weighted by molar-refractivity contribution is 7.09. The molecule has 1 N–H and O–H groups in total. The highest BCUT2D eigenvalue weighted by atomic mass is 32.1. The number of methoxy groups -OCH3 is 1. The van der Waals surface area contributed by atoms with Crippen molar-refractivity contribution >= 4 is 23.3 Å². The Morgan fingerprint density at radius 1 is 0.875 bits per heavy atom. The van der Waals surface area contributed by atoms with Gasteiger partial charge < -0.3 is 19.9 Å². The Bertz CT molecular complexity index is 949. The van der Waals surface area contributed by atoms with Gasteiger partial charge in [0.2, 0.25) is 5.91 Å². The highest BCUT2D eigenvalue weighted by Gasteiger charge is 2.22. The average Bonchev–Trinajstić information content (AvgIpc) is 3.34. The first kappa shape index (κ1) is 23.5. The normalized spacial score (nSPS) is 10.5. The lowest BCUT2D eigenvalue weighted by Crippen LogP contribution is -2.47. The SMILES string of the molecule is COCCN(CC(=O)N(Cc1ccccc1)Cc1cccs1)C(=O)NCc1ccccc1. The van der Waals surface area contributed by atoms with Crippen LogP contribution in [0.4, 0.5) is 4.79 Å². The van der Waals surface area contributed by atoms with Gasteiger partial charge in [0.25, 0.3) is 0 Å². The monoisotopic (exact) mass is 451 g/mol. The fraction of sp³-hybridized carbons (Fsp3) is 0.280. The van der Waals surface area contributed by atoms with Crippen molar-refractivity contribution in [1.82, 2.24) is 15.1 Å². The lowest BCUT2D eigenvalue weighted by molar-refractivity contribution is -0.133. The zero-order chi connectivity index (χ0) is 22.6. The van der Waals surface area contributed by atoms with Crippen molar-refractivity contribution in [3.63, 3.8) is 0 Å². The van der Waals surface area contributed by atoms with Crippen molar-refractivity contribution in [2.75, 3.05) is 26.8 Å². The highest BCUT2D eigenvalue weighted by Crippen LogP contribution is 2.15. The van der Waals surface area contributed by atoms with Gasteiger partial charge in [0.05, 0.1) is 13.2 Å². The average molecular weight is 452 g/mol. The maximum atomic E-state index is 13.3. The molecule has 3 rings (SSSR count). The van der Waals surface area contributed by atoms with Crippen molar-refractivity contribution in [2.45, 2.75) is 19.6 Å². The standard InChI is InChI=1S/C25H29N3O3S/c1-31-15-14-27(25(30)26-17-21-9-4-2-5-10-21)20-24(29)28(19-23-13-8-16-32-23)18-22-11-6-3-7-12-22/h2-13,16H,14-15,17-20H2,1H3,(H,26,30). The number of amides is 3. The minimum Gasteiger partial charge on any atom is -0.383 e. The first-order valence-corrected chi connectivity index (χ1v) is 11.4. The fourth-order valence-corrected chi connectivity index (χ4v) is 3.95. The number of rotatable bonds is 11. The fourth-order valence-electron chi connectivity index (χ4n) is 3.23. The molecular weight excluding hydrogens is 422 g/mol. The minimum atomic E-state index is -0.282. The third kappa shape index (κ3) is 7.51.